The summed E-state index contributed by atoms with van der Waals surface area (Å²) >= 11 is 0. The van der Waals surface area contributed by atoms with Crippen LogP contribution in [0.1, 0.15) is 58.9 Å². The average Bonchev–Trinajstić information content (AvgIpc) is 2.49. The van der Waals surface area contributed by atoms with Crippen LogP contribution < -0.4 is 10.6 Å². The Labute approximate surface area is 148 Å². The van der Waals surface area contributed by atoms with Crippen molar-refractivity contribution in [1.82, 2.24) is 5.32 Å². The van der Waals surface area contributed by atoms with Gasteiger partial charge < -0.3 is 10.6 Å². The summed E-state index contributed by atoms with van der Waals surface area (Å²) in [6.45, 7) is 8.13. The predicted molar refractivity (Wildman–Crippen MR) is 102 cm³/mol. The molecule has 0 aromatic heterocycles. The second kappa shape index (κ2) is 8.15. The number of nitrogens with one attached hydrogen (secondary N) is 2. The summed E-state index contributed by atoms with van der Waals surface area (Å²) in [5.41, 5.74) is 1.73. The van der Waals surface area contributed by atoms with Gasteiger partial charge in [-0.3, -0.25) is 4.21 Å². The van der Waals surface area contributed by atoms with E-state index in [2.05, 4.69) is 17.6 Å². The molecule has 0 spiro atoms. The lowest BCUT2D eigenvalue weighted by molar-refractivity contribution is 0.232. The van der Waals surface area contributed by atoms with Gasteiger partial charge in [0.1, 0.15) is 0 Å². The van der Waals surface area contributed by atoms with E-state index in [1.54, 1.807) is 0 Å². The van der Waals surface area contributed by atoms with Crippen LogP contribution in [0.4, 0.5) is 10.5 Å². The smallest absolute Gasteiger partial charge is 0.319 e. The Morgan fingerprint density at radius 3 is 2.62 bits per heavy atom. The van der Waals surface area contributed by atoms with E-state index in [0.717, 1.165) is 17.7 Å². The Kier molecular flexibility index (Phi) is 6.44. The summed E-state index contributed by atoms with van der Waals surface area (Å²) in [5, 5.41) is 6.00. The molecule has 1 aromatic carbocycles. The van der Waals surface area contributed by atoms with Crippen LogP contribution in [0, 0.1) is 5.92 Å². The number of amides is 2. The van der Waals surface area contributed by atoms with E-state index in [1.807, 2.05) is 45.0 Å². The summed E-state index contributed by atoms with van der Waals surface area (Å²) in [6.07, 6.45) is 4.68. The molecule has 1 aliphatic rings. The predicted octanol–water partition coefficient (Wildman–Crippen LogP) is 4.43. The largest absolute Gasteiger partial charge is 0.335 e. The van der Waals surface area contributed by atoms with Gasteiger partial charge in [-0.2, -0.15) is 0 Å². The number of rotatable bonds is 4. The first-order valence-corrected chi connectivity index (χ1v) is 10.1. The van der Waals surface area contributed by atoms with E-state index >= 15 is 0 Å². The maximum atomic E-state index is 12.3. The molecule has 0 heterocycles. The third-order valence-electron chi connectivity index (χ3n) is 4.59. The van der Waals surface area contributed by atoms with E-state index in [4.69, 9.17) is 0 Å². The molecule has 1 aromatic rings. The van der Waals surface area contributed by atoms with Gasteiger partial charge in [0.2, 0.25) is 0 Å². The fraction of sp³-hybridized carbons (Fsp3) is 0.632. The highest BCUT2D eigenvalue weighted by atomic mass is 32.2. The van der Waals surface area contributed by atoms with E-state index < -0.39 is 10.8 Å². The van der Waals surface area contributed by atoms with E-state index in [9.17, 15) is 9.00 Å². The highest BCUT2D eigenvalue weighted by Crippen LogP contribution is 2.24. The molecule has 1 saturated carbocycles. The molecule has 5 heteroatoms. The minimum absolute atomic E-state index is 0.150. The fourth-order valence-corrected chi connectivity index (χ4v) is 3.89. The summed E-state index contributed by atoms with van der Waals surface area (Å²) < 4.78 is 12.0. The third kappa shape index (κ3) is 5.62. The molecular weight excluding hydrogens is 320 g/mol. The van der Waals surface area contributed by atoms with Gasteiger partial charge in [-0.1, -0.05) is 31.9 Å². The maximum absolute atomic E-state index is 12.3. The van der Waals surface area contributed by atoms with Crippen molar-refractivity contribution >= 4 is 22.5 Å². The lowest BCUT2D eigenvalue weighted by Crippen LogP contribution is -2.43. The molecule has 0 bridgehead atoms. The number of anilines is 1. The number of urea groups is 1. The van der Waals surface area contributed by atoms with Gasteiger partial charge in [0.15, 0.2) is 0 Å². The number of carbonyl (C=O) groups is 1. The Morgan fingerprint density at radius 1 is 1.25 bits per heavy atom. The van der Waals surface area contributed by atoms with Crippen molar-refractivity contribution < 1.29 is 9.00 Å². The van der Waals surface area contributed by atoms with Gasteiger partial charge >= 0.3 is 6.03 Å². The van der Waals surface area contributed by atoms with Gasteiger partial charge in [0, 0.05) is 33.0 Å². The Hall–Kier alpha value is -1.36. The number of hydrogen-bond acceptors (Lipinski definition) is 2. The molecule has 2 rings (SSSR count). The molecule has 2 N–H and O–H groups in total. The van der Waals surface area contributed by atoms with Crippen LogP contribution in [0.5, 0.6) is 0 Å². The van der Waals surface area contributed by atoms with Crippen LogP contribution in [-0.4, -0.2) is 21.0 Å². The number of carbonyl (C=O) groups excluding carboxylic acids is 1. The molecule has 0 saturated heterocycles. The van der Waals surface area contributed by atoms with E-state index in [1.165, 1.54) is 19.3 Å². The van der Waals surface area contributed by atoms with Crippen molar-refractivity contribution in [2.45, 2.75) is 69.9 Å². The van der Waals surface area contributed by atoms with Crippen molar-refractivity contribution in [3.63, 3.8) is 0 Å². The van der Waals surface area contributed by atoms with Crippen molar-refractivity contribution in [2.75, 3.05) is 5.32 Å². The van der Waals surface area contributed by atoms with E-state index in [0.29, 0.717) is 11.7 Å². The summed E-state index contributed by atoms with van der Waals surface area (Å²) in [4.78, 5) is 12.2. The third-order valence-corrected chi connectivity index (χ3v) is 6.56. The van der Waals surface area contributed by atoms with Crippen molar-refractivity contribution in [3.8, 4) is 0 Å². The SMILES string of the molecule is CC1CCCCC1NC(=O)Nc1cccc(CS(=O)C(C)(C)C)c1. The first-order valence-electron chi connectivity index (χ1n) is 8.80. The molecular formula is C19H30N2O2S. The normalized spacial score (nSPS) is 22.7. The zero-order valence-electron chi connectivity index (χ0n) is 15.2. The fourth-order valence-electron chi connectivity index (χ4n) is 2.97. The van der Waals surface area contributed by atoms with Crippen molar-refractivity contribution in [3.05, 3.63) is 29.8 Å². The highest BCUT2D eigenvalue weighted by molar-refractivity contribution is 7.85. The van der Waals surface area contributed by atoms with Crippen LogP contribution in [0.2, 0.25) is 0 Å². The highest BCUT2D eigenvalue weighted by Gasteiger charge is 2.23. The molecule has 2 amide bonds. The molecule has 1 fully saturated rings. The first-order chi connectivity index (χ1) is 11.3. The van der Waals surface area contributed by atoms with Gasteiger partial charge in [-0.25, -0.2) is 4.79 Å². The molecule has 0 radical (unpaired) electrons. The molecule has 1 aliphatic carbocycles. The van der Waals surface area contributed by atoms with Crippen molar-refractivity contribution in [1.29, 1.82) is 0 Å². The number of benzene rings is 1. The Morgan fingerprint density at radius 2 is 1.96 bits per heavy atom. The summed E-state index contributed by atoms with van der Waals surface area (Å²) in [6, 6.07) is 7.74. The second-order valence-electron chi connectivity index (χ2n) is 7.77. The topological polar surface area (TPSA) is 58.2 Å². The summed E-state index contributed by atoms with van der Waals surface area (Å²) in [5.74, 6) is 1.03. The molecule has 134 valence electrons. The maximum Gasteiger partial charge on any atom is 0.319 e. The molecule has 24 heavy (non-hydrogen) atoms. The lowest BCUT2D eigenvalue weighted by atomic mass is 9.86. The standard InChI is InChI=1S/C19H30N2O2S/c1-14-8-5-6-11-17(14)21-18(22)20-16-10-7-9-15(12-16)13-24(23)19(2,3)4/h7,9-10,12,14,17H,5-6,8,11,13H2,1-4H3,(H2,20,21,22). The molecule has 0 aliphatic heterocycles. The van der Waals surface area contributed by atoms with E-state index in [-0.39, 0.29) is 16.8 Å². The Balaban J connectivity index is 1.93. The number of hydrogen-bond donors (Lipinski definition) is 2. The minimum Gasteiger partial charge on any atom is -0.335 e. The zero-order chi connectivity index (χ0) is 17.7. The Bertz CT molecular complexity index is 595. The van der Waals surface area contributed by atoms with Gasteiger partial charge in [-0.15, -0.1) is 0 Å². The van der Waals surface area contributed by atoms with Crippen LogP contribution in [-0.2, 0) is 16.6 Å². The molecule has 3 atom stereocenters. The summed E-state index contributed by atoms with van der Waals surface area (Å²) in [7, 11) is -0.948. The molecule has 3 unspecified atom stereocenters. The van der Waals surface area contributed by atoms with Gasteiger partial charge in [-0.05, 0) is 57.2 Å². The zero-order valence-corrected chi connectivity index (χ0v) is 16.0. The quantitative estimate of drug-likeness (QED) is 0.844. The van der Waals surface area contributed by atoms with Gasteiger partial charge in [0.25, 0.3) is 0 Å². The van der Waals surface area contributed by atoms with Crippen LogP contribution in [0.25, 0.3) is 0 Å². The monoisotopic (exact) mass is 350 g/mol. The van der Waals surface area contributed by atoms with Crippen molar-refractivity contribution in [2.24, 2.45) is 5.92 Å². The van der Waals surface area contributed by atoms with Crippen LogP contribution in [0.3, 0.4) is 0 Å². The second-order valence-corrected chi connectivity index (χ2v) is 9.97. The van der Waals surface area contributed by atoms with Gasteiger partial charge in [0.05, 0.1) is 0 Å². The van der Waals surface area contributed by atoms with Crippen LogP contribution in [0.15, 0.2) is 24.3 Å². The lowest BCUT2D eigenvalue weighted by Gasteiger charge is -2.29. The van der Waals surface area contributed by atoms with Crippen LogP contribution >= 0.6 is 0 Å². The minimum atomic E-state index is -0.948. The first kappa shape index (κ1) is 19.0. The average molecular weight is 351 g/mol. The molecule has 4 nitrogen and oxygen atoms in total.